The molecule has 0 radical (unpaired) electrons. The van der Waals surface area contributed by atoms with E-state index in [1.807, 2.05) is 6.07 Å². The van der Waals surface area contributed by atoms with Gasteiger partial charge in [-0.1, -0.05) is 12.1 Å². The Balaban J connectivity index is 1.66. The number of ether oxygens (including phenoxy) is 2. The number of pyridine rings is 1. The summed E-state index contributed by atoms with van der Waals surface area (Å²) in [6.07, 6.45) is 0.584. The van der Waals surface area contributed by atoms with E-state index in [0.717, 1.165) is 0 Å². The van der Waals surface area contributed by atoms with Crippen LogP contribution in [0.25, 0.3) is 11.1 Å². The predicted octanol–water partition coefficient (Wildman–Crippen LogP) is 2.77. The van der Waals surface area contributed by atoms with E-state index in [1.165, 1.54) is 21.6 Å². The van der Waals surface area contributed by atoms with Gasteiger partial charge in [-0.2, -0.15) is 5.26 Å². The maximum atomic E-state index is 14.9. The van der Waals surface area contributed by atoms with Crippen molar-refractivity contribution in [2.24, 2.45) is 7.05 Å². The van der Waals surface area contributed by atoms with Crippen molar-refractivity contribution in [2.45, 2.75) is 51.4 Å². The third-order valence-electron chi connectivity index (χ3n) is 5.59. The second-order valence-electron chi connectivity index (χ2n) is 9.71. The average molecular weight is 499 g/mol. The molecule has 2 aromatic rings. The molecular formula is C26H31FN4O5. The third-order valence-corrected chi connectivity index (χ3v) is 5.59. The molecule has 10 heteroatoms. The van der Waals surface area contributed by atoms with Crippen molar-refractivity contribution in [3.05, 3.63) is 58.3 Å². The van der Waals surface area contributed by atoms with E-state index in [0.29, 0.717) is 24.1 Å². The number of nitrogens with one attached hydrogen (secondary N) is 1. The van der Waals surface area contributed by atoms with E-state index in [9.17, 15) is 24.0 Å². The maximum absolute atomic E-state index is 14.9. The van der Waals surface area contributed by atoms with Gasteiger partial charge in [-0.25, -0.2) is 9.18 Å². The molecule has 2 amide bonds. The fourth-order valence-electron chi connectivity index (χ4n) is 3.75. The van der Waals surface area contributed by atoms with E-state index in [1.54, 1.807) is 52.2 Å². The first-order valence-corrected chi connectivity index (χ1v) is 11.7. The highest BCUT2D eigenvalue weighted by atomic mass is 19.1. The van der Waals surface area contributed by atoms with E-state index in [-0.39, 0.29) is 30.7 Å². The molecule has 2 heterocycles. The van der Waals surface area contributed by atoms with Crippen LogP contribution in [-0.4, -0.2) is 58.9 Å². The number of hydrogen-bond acceptors (Lipinski definition) is 6. The van der Waals surface area contributed by atoms with Gasteiger partial charge >= 0.3 is 6.09 Å². The highest BCUT2D eigenvalue weighted by Crippen LogP contribution is 2.22. The molecule has 36 heavy (non-hydrogen) atoms. The molecule has 1 aromatic heterocycles. The third kappa shape index (κ3) is 7.15. The zero-order valence-corrected chi connectivity index (χ0v) is 20.9. The molecule has 1 N–H and O–H groups in total. The van der Waals surface area contributed by atoms with Crippen LogP contribution in [0.15, 0.2) is 41.3 Å². The fraction of sp³-hybridized carbons (Fsp3) is 0.462. The van der Waals surface area contributed by atoms with Crippen LogP contribution in [0.4, 0.5) is 9.18 Å². The molecule has 1 aliphatic rings. The Hall–Kier alpha value is -3.71. The fourth-order valence-corrected chi connectivity index (χ4v) is 3.75. The number of carbonyl (C=O) groups excluding carboxylic acids is 2. The molecule has 0 spiro atoms. The zero-order valence-electron chi connectivity index (χ0n) is 20.9. The Bertz CT molecular complexity index is 1210. The first-order valence-electron chi connectivity index (χ1n) is 11.7. The van der Waals surface area contributed by atoms with Gasteiger partial charge in [0.15, 0.2) is 6.10 Å². The summed E-state index contributed by atoms with van der Waals surface area (Å²) in [6, 6.07) is 8.59. The smallest absolute Gasteiger partial charge is 0.410 e. The monoisotopic (exact) mass is 498 g/mol. The largest absolute Gasteiger partial charge is 0.444 e. The molecule has 9 nitrogen and oxygen atoms in total. The van der Waals surface area contributed by atoms with Crippen molar-refractivity contribution >= 4 is 12.0 Å². The number of halogens is 1. The van der Waals surface area contributed by atoms with Crippen LogP contribution in [0.5, 0.6) is 0 Å². The second kappa shape index (κ2) is 11.4. The van der Waals surface area contributed by atoms with Crippen molar-refractivity contribution in [1.82, 2.24) is 14.8 Å². The van der Waals surface area contributed by atoms with Gasteiger partial charge in [0.05, 0.1) is 12.6 Å². The number of nitrogens with zero attached hydrogens (tertiary/aromatic N) is 3. The summed E-state index contributed by atoms with van der Waals surface area (Å²) in [5, 5.41) is 12.2. The first-order chi connectivity index (χ1) is 17.0. The van der Waals surface area contributed by atoms with Crippen molar-refractivity contribution in [2.75, 3.05) is 19.7 Å². The minimum absolute atomic E-state index is 0.0124. The van der Waals surface area contributed by atoms with E-state index < -0.39 is 35.6 Å². The predicted molar refractivity (Wildman–Crippen MR) is 130 cm³/mol. The van der Waals surface area contributed by atoms with Crippen molar-refractivity contribution in [3.63, 3.8) is 0 Å². The molecule has 0 saturated carbocycles. The lowest BCUT2D eigenvalue weighted by atomic mass is 10.0. The summed E-state index contributed by atoms with van der Waals surface area (Å²) in [4.78, 5) is 38.3. The lowest BCUT2D eigenvalue weighted by Crippen LogP contribution is -2.48. The van der Waals surface area contributed by atoms with Gasteiger partial charge < -0.3 is 24.3 Å². The second-order valence-corrected chi connectivity index (χ2v) is 9.71. The van der Waals surface area contributed by atoms with E-state index in [2.05, 4.69) is 5.32 Å². The van der Waals surface area contributed by atoms with Crippen LogP contribution in [0.3, 0.4) is 0 Å². The van der Waals surface area contributed by atoms with Gasteiger partial charge in [-0.15, -0.1) is 0 Å². The van der Waals surface area contributed by atoms with Gasteiger partial charge in [0.25, 0.3) is 5.91 Å². The minimum atomic E-state index is -1.00. The average Bonchev–Trinajstić information content (AvgIpc) is 3.07. The van der Waals surface area contributed by atoms with E-state index >= 15 is 0 Å². The van der Waals surface area contributed by atoms with E-state index in [4.69, 9.17) is 9.47 Å². The Labute approximate surface area is 209 Å². The van der Waals surface area contributed by atoms with Crippen LogP contribution < -0.4 is 10.9 Å². The number of carbonyl (C=O) groups is 2. The van der Waals surface area contributed by atoms with Crippen LogP contribution >= 0.6 is 0 Å². The van der Waals surface area contributed by atoms with Gasteiger partial charge in [0.2, 0.25) is 5.56 Å². The Morgan fingerprint density at radius 1 is 1.28 bits per heavy atom. The molecule has 1 aromatic carbocycles. The van der Waals surface area contributed by atoms with Crippen molar-refractivity contribution < 1.29 is 23.5 Å². The van der Waals surface area contributed by atoms with Gasteiger partial charge in [-0.3, -0.25) is 9.59 Å². The number of aryl methyl sites for hydroxylation is 1. The molecule has 1 fully saturated rings. The summed E-state index contributed by atoms with van der Waals surface area (Å²) >= 11 is 0. The quantitative estimate of drug-likeness (QED) is 0.678. The summed E-state index contributed by atoms with van der Waals surface area (Å²) in [6.45, 7) is 5.92. The first kappa shape index (κ1) is 26.9. The lowest BCUT2D eigenvalue weighted by molar-refractivity contribution is -0.133. The molecule has 0 bridgehead atoms. The van der Waals surface area contributed by atoms with Gasteiger partial charge in [0.1, 0.15) is 17.5 Å². The minimum Gasteiger partial charge on any atom is -0.444 e. The van der Waals surface area contributed by atoms with Gasteiger partial charge in [0, 0.05) is 38.9 Å². The zero-order chi connectivity index (χ0) is 26.5. The molecule has 1 saturated heterocycles. The molecule has 192 valence electrons. The summed E-state index contributed by atoms with van der Waals surface area (Å²) < 4.78 is 27.3. The molecule has 1 unspecified atom stereocenters. The highest BCUT2D eigenvalue weighted by Gasteiger charge is 2.31. The topological polar surface area (TPSA) is 114 Å². The van der Waals surface area contributed by atoms with Gasteiger partial charge in [-0.05, 0) is 56.0 Å². The molecule has 3 rings (SSSR count). The summed E-state index contributed by atoms with van der Waals surface area (Å²) in [7, 11) is 1.61. The van der Waals surface area contributed by atoms with Crippen LogP contribution in [-0.2, 0) is 27.7 Å². The number of aromatic nitrogens is 1. The molecular weight excluding hydrogens is 467 g/mol. The van der Waals surface area contributed by atoms with Crippen LogP contribution in [0.1, 0.15) is 32.8 Å². The number of hydrogen-bond donors (Lipinski definition) is 1. The Kier molecular flexibility index (Phi) is 8.48. The number of rotatable bonds is 5. The van der Waals surface area contributed by atoms with Crippen LogP contribution in [0.2, 0.25) is 0 Å². The Morgan fingerprint density at radius 2 is 2.00 bits per heavy atom. The standard InChI is InChI=1S/C26H31FN4O5/c1-26(2,3)36-25(34)31-10-5-11-35-22(16-31)24(33)29-20(14-28)12-18-7-6-17(13-21(18)27)19-8-9-23(32)30(4)15-19/h6-9,13,15,20,22H,5,10-12,16H2,1-4H3,(H,29,33)/t20-,22?/m0/s1. The van der Waals surface area contributed by atoms with Crippen molar-refractivity contribution in [1.29, 1.82) is 5.26 Å². The Morgan fingerprint density at radius 3 is 2.64 bits per heavy atom. The molecule has 1 aliphatic heterocycles. The number of nitriles is 1. The molecule has 2 atom stereocenters. The normalized spacial score (nSPS) is 17.0. The number of benzene rings is 1. The summed E-state index contributed by atoms with van der Waals surface area (Å²) in [5.41, 5.74) is 0.666. The maximum Gasteiger partial charge on any atom is 0.410 e. The lowest BCUT2D eigenvalue weighted by Gasteiger charge is -2.27. The highest BCUT2D eigenvalue weighted by molar-refractivity contribution is 5.82. The van der Waals surface area contributed by atoms with Crippen LogP contribution in [0, 0.1) is 17.1 Å². The number of amides is 2. The summed E-state index contributed by atoms with van der Waals surface area (Å²) in [5.74, 6) is -1.09. The molecule has 0 aliphatic carbocycles. The van der Waals surface area contributed by atoms with Crippen molar-refractivity contribution in [3.8, 4) is 17.2 Å². The SMILES string of the molecule is Cn1cc(-c2ccc(C[C@@H](C#N)NC(=O)C3CN(C(=O)OC(C)(C)C)CCCO3)c(F)c2)ccc1=O.